The molecule has 0 aromatic carbocycles. The molecule has 0 rings (SSSR count). The van der Waals surface area contributed by atoms with Gasteiger partial charge in [0, 0.05) is 6.04 Å². The number of sulfonamides is 1. The summed E-state index contributed by atoms with van der Waals surface area (Å²) in [5, 5.41) is 8.59. The molecule has 1 atom stereocenters. The van der Waals surface area contributed by atoms with Gasteiger partial charge in [-0.15, -0.1) is 0 Å². The van der Waals surface area contributed by atoms with Crippen LogP contribution in [0, 0.1) is 0 Å². The van der Waals surface area contributed by atoms with Gasteiger partial charge in [-0.25, -0.2) is 13.1 Å². The van der Waals surface area contributed by atoms with Crippen LogP contribution in [0.15, 0.2) is 0 Å². The third-order valence-corrected chi connectivity index (χ3v) is 2.65. The van der Waals surface area contributed by atoms with Crippen LogP contribution in [0.1, 0.15) is 13.8 Å². The fourth-order valence-corrected chi connectivity index (χ4v) is 1.91. The van der Waals surface area contributed by atoms with E-state index >= 15 is 0 Å². The van der Waals surface area contributed by atoms with E-state index in [1.54, 1.807) is 6.92 Å². The first kappa shape index (κ1) is 13.3. The molecule has 0 unspecified atom stereocenters. The molecule has 0 spiro atoms. The average Bonchev–Trinajstić information content (AvgIpc) is 2.02. The van der Waals surface area contributed by atoms with E-state index in [1.165, 1.54) is 6.92 Å². The highest BCUT2D eigenvalue weighted by atomic mass is 32.2. The number of esters is 1. The van der Waals surface area contributed by atoms with Crippen molar-refractivity contribution in [3.05, 3.63) is 0 Å². The van der Waals surface area contributed by atoms with Crippen LogP contribution in [0.3, 0.4) is 0 Å². The zero-order chi connectivity index (χ0) is 11.2. The lowest BCUT2D eigenvalue weighted by atomic mass is 10.4. The standard InChI is InChI=1S/C7H15NO5S/c1-3-13-7(10)5-14(11,12)8-6(2)4-9/h6,8-9H,3-5H2,1-2H3/t6-/m1/s1. The number of nitrogens with one attached hydrogen (secondary N) is 1. The monoisotopic (exact) mass is 225 g/mol. The molecule has 0 amide bonds. The quantitative estimate of drug-likeness (QED) is 0.557. The molecule has 0 aromatic rings. The van der Waals surface area contributed by atoms with Crippen LogP contribution in [0.2, 0.25) is 0 Å². The Kier molecular flexibility index (Phi) is 5.66. The number of carbonyl (C=O) groups is 1. The first-order valence-corrected chi connectivity index (χ1v) is 5.83. The van der Waals surface area contributed by atoms with Gasteiger partial charge in [0.1, 0.15) is 0 Å². The summed E-state index contributed by atoms with van der Waals surface area (Å²) in [7, 11) is -3.70. The summed E-state index contributed by atoms with van der Waals surface area (Å²) in [6, 6.07) is -0.602. The number of hydrogen-bond donors (Lipinski definition) is 2. The van der Waals surface area contributed by atoms with Gasteiger partial charge in [-0.1, -0.05) is 0 Å². The number of hydrogen-bond acceptors (Lipinski definition) is 5. The van der Waals surface area contributed by atoms with E-state index in [-0.39, 0.29) is 13.2 Å². The Morgan fingerprint density at radius 1 is 1.57 bits per heavy atom. The van der Waals surface area contributed by atoms with Crippen molar-refractivity contribution in [2.75, 3.05) is 19.0 Å². The lowest BCUT2D eigenvalue weighted by Crippen LogP contribution is -2.38. The van der Waals surface area contributed by atoms with Crippen molar-refractivity contribution in [2.45, 2.75) is 19.9 Å². The van der Waals surface area contributed by atoms with Crippen LogP contribution in [0.4, 0.5) is 0 Å². The van der Waals surface area contributed by atoms with Crippen LogP contribution in [-0.2, 0) is 19.6 Å². The van der Waals surface area contributed by atoms with E-state index in [2.05, 4.69) is 9.46 Å². The molecule has 2 N–H and O–H groups in total. The Hall–Kier alpha value is -0.660. The maximum absolute atomic E-state index is 11.2. The van der Waals surface area contributed by atoms with E-state index < -0.39 is 27.8 Å². The third kappa shape index (κ3) is 5.90. The second-order valence-corrected chi connectivity index (χ2v) is 4.52. The largest absolute Gasteiger partial charge is 0.465 e. The highest BCUT2D eigenvalue weighted by molar-refractivity contribution is 7.90. The fraction of sp³-hybridized carbons (Fsp3) is 0.857. The Balaban J connectivity index is 4.14. The van der Waals surface area contributed by atoms with Crippen molar-refractivity contribution in [1.82, 2.24) is 4.72 Å². The maximum atomic E-state index is 11.2. The third-order valence-electron chi connectivity index (χ3n) is 1.27. The molecular weight excluding hydrogens is 210 g/mol. The SMILES string of the molecule is CCOC(=O)CS(=O)(=O)N[C@H](C)CO. The molecule has 7 heteroatoms. The number of rotatable bonds is 6. The first-order chi connectivity index (χ1) is 6.41. The smallest absolute Gasteiger partial charge is 0.322 e. The van der Waals surface area contributed by atoms with Gasteiger partial charge in [-0.3, -0.25) is 4.79 Å². The predicted molar refractivity (Wildman–Crippen MR) is 50.1 cm³/mol. The molecule has 0 aliphatic rings. The predicted octanol–water partition coefficient (Wildman–Crippen LogP) is -1.15. The van der Waals surface area contributed by atoms with E-state index in [0.29, 0.717) is 0 Å². The highest BCUT2D eigenvalue weighted by Gasteiger charge is 2.19. The molecule has 0 fully saturated rings. The van der Waals surface area contributed by atoms with Gasteiger partial charge in [0.05, 0.1) is 13.2 Å². The van der Waals surface area contributed by atoms with Crippen molar-refractivity contribution in [3.8, 4) is 0 Å². The molecule has 0 aliphatic heterocycles. The fourth-order valence-electron chi connectivity index (χ4n) is 0.743. The van der Waals surface area contributed by atoms with E-state index in [9.17, 15) is 13.2 Å². The summed E-state index contributed by atoms with van der Waals surface area (Å²) in [6.45, 7) is 2.91. The summed E-state index contributed by atoms with van der Waals surface area (Å²) in [6.07, 6.45) is 0. The van der Waals surface area contributed by atoms with Gasteiger partial charge in [-0.05, 0) is 13.8 Å². The molecule has 0 heterocycles. The minimum Gasteiger partial charge on any atom is -0.465 e. The Morgan fingerprint density at radius 3 is 2.57 bits per heavy atom. The van der Waals surface area contributed by atoms with Crippen LogP contribution in [0.5, 0.6) is 0 Å². The van der Waals surface area contributed by atoms with Crippen LogP contribution >= 0.6 is 0 Å². The lowest BCUT2D eigenvalue weighted by molar-refractivity contribution is -0.139. The summed E-state index contributed by atoms with van der Waals surface area (Å²) in [4.78, 5) is 10.8. The average molecular weight is 225 g/mol. The van der Waals surface area contributed by atoms with Crippen molar-refractivity contribution in [1.29, 1.82) is 0 Å². The van der Waals surface area contributed by atoms with Gasteiger partial charge >= 0.3 is 5.97 Å². The summed E-state index contributed by atoms with van der Waals surface area (Å²) in [5.41, 5.74) is 0. The second kappa shape index (κ2) is 5.94. The molecule has 84 valence electrons. The molecular formula is C7H15NO5S. The summed E-state index contributed by atoms with van der Waals surface area (Å²) in [5.74, 6) is -1.52. The summed E-state index contributed by atoms with van der Waals surface area (Å²) < 4.78 is 28.9. The number of aliphatic hydroxyl groups excluding tert-OH is 1. The minimum atomic E-state index is -3.70. The number of ether oxygens (including phenoxy) is 1. The van der Waals surface area contributed by atoms with Gasteiger partial charge in [0.2, 0.25) is 10.0 Å². The van der Waals surface area contributed by atoms with E-state index in [0.717, 1.165) is 0 Å². The van der Waals surface area contributed by atoms with Crippen LogP contribution in [0.25, 0.3) is 0 Å². The Bertz CT molecular complexity index is 274. The van der Waals surface area contributed by atoms with Gasteiger partial charge in [0.25, 0.3) is 0 Å². The number of aliphatic hydroxyl groups is 1. The molecule has 0 aromatic heterocycles. The van der Waals surface area contributed by atoms with Crippen molar-refractivity contribution in [2.24, 2.45) is 0 Å². The van der Waals surface area contributed by atoms with Crippen molar-refractivity contribution >= 4 is 16.0 Å². The minimum absolute atomic E-state index is 0.143. The van der Waals surface area contributed by atoms with E-state index in [1.807, 2.05) is 0 Å². The van der Waals surface area contributed by atoms with Gasteiger partial charge in [0.15, 0.2) is 5.75 Å². The number of carbonyl (C=O) groups excluding carboxylic acids is 1. The molecule has 0 bridgehead atoms. The molecule has 0 aliphatic carbocycles. The van der Waals surface area contributed by atoms with Gasteiger partial charge < -0.3 is 9.84 Å². The lowest BCUT2D eigenvalue weighted by Gasteiger charge is -2.10. The zero-order valence-electron chi connectivity index (χ0n) is 8.19. The maximum Gasteiger partial charge on any atom is 0.322 e. The van der Waals surface area contributed by atoms with Crippen molar-refractivity contribution in [3.63, 3.8) is 0 Å². The first-order valence-electron chi connectivity index (χ1n) is 4.17. The summed E-state index contributed by atoms with van der Waals surface area (Å²) >= 11 is 0. The van der Waals surface area contributed by atoms with Gasteiger partial charge in [-0.2, -0.15) is 0 Å². The van der Waals surface area contributed by atoms with Crippen LogP contribution < -0.4 is 4.72 Å². The second-order valence-electron chi connectivity index (χ2n) is 2.77. The van der Waals surface area contributed by atoms with Crippen LogP contribution in [-0.4, -0.2) is 44.5 Å². The molecule has 0 saturated heterocycles. The molecule has 0 radical (unpaired) electrons. The van der Waals surface area contributed by atoms with E-state index in [4.69, 9.17) is 5.11 Å². The molecule has 14 heavy (non-hydrogen) atoms. The van der Waals surface area contributed by atoms with Crippen molar-refractivity contribution < 1.29 is 23.1 Å². The Morgan fingerprint density at radius 2 is 2.14 bits per heavy atom. The normalized spacial score (nSPS) is 13.6. The highest BCUT2D eigenvalue weighted by Crippen LogP contribution is 1.91. The molecule has 0 saturated carbocycles. The topological polar surface area (TPSA) is 92.7 Å². The Labute approximate surface area is 83.3 Å². The molecule has 6 nitrogen and oxygen atoms in total. The zero-order valence-corrected chi connectivity index (χ0v) is 9.00.